The van der Waals surface area contributed by atoms with Crippen LogP contribution in [0.15, 0.2) is 0 Å². The lowest BCUT2D eigenvalue weighted by molar-refractivity contribution is -0.163. The van der Waals surface area contributed by atoms with Crippen molar-refractivity contribution in [3.8, 4) is 0 Å². The topological polar surface area (TPSA) is 114 Å². The van der Waals surface area contributed by atoms with Gasteiger partial charge in [0.25, 0.3) is 0 Å². The van der Waals surface area contributed by atoms with E-state index in [1.807, 2.05) is 0 Å². The molecule has 0 saturated heterocycles. The molecule has 0 heterocycles. The van der Waals surface area contributed by atoms with Crippen molar-refractivity contribution >= 4 is 25.9 Å². The van der Waals surface area contributed by atoms with Gasteiger partial charge in [-0.1, -0.05) is 9.13 Å². The van der Waals surface area contributed by atoms with E-state index in [1.54, 1.807) is 0 Å². The van der Waals surface area contributed by atoms with E-state index in [0.29, 0.717) is 0 Å². The predicted octanol–water partition coefficient (Wildman–Crippen LogP) is -1.48. The third kappa shape index (κ3) is 6.47. The minimum Gasteiger partial charge on any atom is -0.595 e. The molecule has 11 heavy (non-hydrogen) atoms. The smallest absolute Gasteiger partial charge is 0.325 e. The zero-order valence-corrected chi connectivity index (χ0v) is 7.77. The van der Waals surface area contributed by atoms with E-state index in [4.69, 9.17) is 0 Å². The summed E-state index contributed by atoms with van der Waals surface area (Å²) in [6.07, 6.45) is 0. The molecule has 2 atom stereocenters. The largest absolute Gasteiger partial charge is 0.595 e. The summed E-state index contributed by atoms with van der Waals surface area (Å²) in [6, 6.07) is 0. The Morgan fingerprint density at radius 1 is 1.00 bits per heavy atom. The van der Waals surface area contributed by atoms with Gasteiger partial charge in [-0.15, -0.1) is 0 Å². The minimum atomic E-state index is -3.97. The molecule has 0 aliphatic heterocycles. The molecule has 0 N–H and O–H groups in total. The first-order chi connectivity index (χ1) is 4.83. The zero-order valence-electron chi connectivity index (χ0n) is 5.17. The van der Waals surface area contributed by atoms with Gasteiger partial charge in [-0.2, -0.15) is 0 Å². The molecule has 0 aromatic rings. The molecular weight excluding hydrogens is 214 g/mol. The van der Waals surface area contributed by atoms with Crippen molar-refractivity contribution < 1.29 is 27.3 Å². The van der Waals surface area contributed by atoms with Crippen molar-refractivity contribution in [2.45, 2.75) is 0 Å². The van der Waals surface area contributed by atoms with Crippen LogP contribution in [-0.2, 0) is 19.0 Å². The lowest BCUT2D eigenvalue weighted by atomic mass is 11.9. The molecule has 0 saturated carbocycles. The lowest BCUT2D eigenvalue weighted by Gasteiger charge is -1.90. The fraction of sp³-hybridized carbons (Fsp3) is 1.00. The third-order valence-corrected chi connectivity index (χ3v) is 5.44. The van der Waals surface area contributed by atoms with Crippen molar-refractivity contribution in [1.82, 2.24) is 0 Å². The normalized spacial score (nSPS) is 14.4. The standard InChI is InChI=1S/C2H4O6P2S/c3-9(4)1-11(7,8)2-10(5)6/h1-2H2. The van der Waals surface area contributed by atoms with E-state index >= 15 is 0 Å². The zero-order chi connectivity index (χ0) is 9.07. The molecule has 0 aliphatic carbocycles. The van der Waals surface area contributed by atoms with Gasteiger partial charge < -0.3 is 9.79 Å². The summed E-state index contributed by atoms with van der Waals surface area (Å²) in [5.74, 6) is 0. The predicted molar refractivity (Wildman–Crippen MR) is 33.9 cm³/mol. The van der Waals surface area contributed by atoms with Crippen LogP contribution in [0.5, 0.6) is 0 Å². The van der Waals surface area contributed by atoms with Crippen LogP contribution >= 0.6 is 16.1 Å². The van der Waals surface area contributed by atoms with Gasteiger partial charge in [0.05, 0.1) is 0 Å². The molecule has 0 rings (SSSR count). The second-order valence-electron chi connectivity index (χ2n) is 1.67. The Kier molecular flexibility index (Phi) is 4.21. The molecule has 0 spiro atoms. The first-order valence-corrected chi connectivity index (χ1v) is 6.82. The number of hydrogen-bond acceptors (Lipinski definition) is 6. The summed E-state index contributed by atoms with van der Waals surface area (Å²) in [5.41, 5.74) is -2.21. The number of rotatable bonds is 4. The summed E-state index contributed by atoms with van der Waals surface area (Å²) >= 11 is 0. The third-order valence-electron chi connectivity index (χ3n) is 0.604. The second-order valence-corrected chi connectivity index (χ2v) is 6.55. The molecule has 64 valence electrons. The van der Waals surface area contributed by atoms with Gasteiger partial charge in [-0.25, -0.2) is 8.42 Å². The van der Waals surface area contributed by atoms with Crippen LogP contribution in [0.1, 0.15) is 0 Å². The Morgan fingerprint density at radius 2 is 1.27 bits per heavy atom. The van der Waals surface area contributed by atoms with E-state index in [-0.39, 0.29) is 0 Å². The van der Waals surface area contributed by atoms with E-state index in [2.05, 4.69) is 0 Å². The van der Waals surface area contributed by atoms with Crippen LogP contribution in [0, 0.1) is 0 Å². The molecule has 9 heteroatoms. The van der Waals surface area contributed by atoms with Crippen LogP contribution in [0.4, 0.5) is 0 Å². The Labute approximate surface area is 64.9 Å². The molecule has 0 bridgehead atoms. The van der Waals surface area contributed by atoms with Crippen molar-refractivity contribution in [3.63, 3.8) is 0 Å². The highest BCUT2D eigenvalue weighted by Gasteiger charge is 2.25. The molecule has 0 fully saturated rings. The highest BCUT2D eigenvalue weighted by Crippen LogP contribution is 2.18. The Hall–Kier alpha value is 0.0700. The summed E-state index contributed by atoms with van der Waals surface area (Å²) < 4.78 is 40.7. The van der Waals surface area contributed by atoms with E-state index in [1.165, 1.54) is 0 Å². The fourth-order valence-corrected chi connectivity index (χ4v) is 3.99. The molecule has 2 unspecified atom stereocenters. The van der Waals surface area contributed by atoms with Gasteiger partial charge in [0.15, 0.2) is 0 Å². The number of sulfone groups is 1. The first kappa shape index (κ1) is 11.1. The second kappa shape index (κ2) is 4.18. The number of hydrogen-bond donors (Lipinski definition) is 0. The SMILES string of the molecule is O=[P+]([O-])CS(=O)(=O)C[P+](=O)[O-]. The highest BCUT2D eigenvalue weighted by molar-refractivity contribution is 7.99. The minimum absolute atomic E-state index is 1.11. The summed E-state index contributed by atoms with van der Waals surface area (Å²) in [5, 5.41) is 0. The summed E-state index contributed by atoms with van der Waals surface area (Å²) in [6.45, 7) is 0. The van der Waals surface area contributed by atoms with Crippen LogP contribution in [0.25, 0.3) is 0 Å². The van der Waals surface area contributed by atoms with Crippen molar-refractivity contribution in [1.29, 1.82) is 0 Å². The van der Waals surface area contributed by atoms with E-state index in [0.717, 1.165) is 0 Å². The maximum atomic E-state index is 10.5. The van der Waals surface area contributed by atoms with E-state index < -0.39 is 36.9 Å². The molecule has 0 aromatic carbocycles. The summed E-state index contributed by atoms with van der Waals surface area (Å²) in [4.78, 5) is 19.7. The van der Waals surface area contributed by atoms with Gasteiger partial charge in [0.1, 0.15) is 0 Å². The average Bonchev–Trinajstić information content (AvgIpc) is 1.53. The van der Waals surface area contributed by atoms with Crippen LogP contribution < -0.4 is 9.79 Å². The quantitative estimate of drug-likeness (QED) is 0.531. The van der Waals surface area contributed by atoms with Gasteiger partial charge in [-0.05, 0) is 0 Å². The lowest BCUT2D eigenvalue weighted by Crippen LogP contribution is -2.11. The first-order valence-electron chi connectivity index (χ1n) is 2.27. The van der Waals surface area contributed by atoms with Gasteiger partial charge in [0, 0.05) is 0 Å². The van der Waals surface area contributed by atoms with Gasteiger partial charge >= 0.3 is 16.1 Å². The Bertz CT molecular complexity index is 244. The highest BCUT2D eigenvalue weighted by atomic mass is 32.2. The molecular formula is C2H4O6P2S. The van der Waals surface area contributed by atoms with Gasteiger partial charge in [0.2, 0.25) is 20.8 Å². The molecule has 0 aromatic heterocycles. The van der Waals surface area contributed by atoms with Crippen molar-refractivity contribution in [2.24, 2.45) is 0 Å². The maximum absolute atomic E-state index is 10.5. The maximum Gasteiger partial charge on any atom is 0.325 e. The summed E-state index contributed by atoms with van der Waals surface area (Å²) in [7, 11) is -10.1. The average molecular weight is 218 g/mol. The van der Waals surface area contributed by atoms with Crippen LogP contribution in [0.2, 0.25) is 0 Å². The Balaban J connectivity index is 4.25. The molecule has 0 radical (unpaired) electrons. The van der Waals surface area contributed by atoms with Crippen LogP contribution in [0.3, 0.4) is 0 Å². The van der Waals surface area contributed by atoms with Gasteiger partial charge in [-0.3, -0.25) is 0 Å². The van der Waals surface area contributed by atoms with Crippen LogP contribution in [-0.4, -0.2) is 19.4 Å². The Morgan fingerprint density at radius 3 is 1.45 bits per heavy atom. The fourth-order valence-electron chi connectivity index (χ4n) is 0.362. The molecule has 0 aliphatic rings. The van der Waals surface area contributed by atoms with E-state index in [9.17, 15) is 27.3 Å². The molecule has 0 amide bonds. The monoisotopic (exact) mass is 218 g/mol. The molecule has 6 nitrogen and oxygen atoms in total. The van der Waals surface area contributed by atoms with Crippen molar-refractivity contribution in [3.05, 3.63) is 0 Å². The van der Waals surface area contributed by atoms with Crippen molar-refractivity contribution in [2.75, 3.05) is 11.0 Å².